The highest BCUT2D eigenvalue weighted by Gasteiger charge is 2.19. The lowest BCUT2D eigenvalue weighted by Crippen LogP contribution is -2.19. The Balaban J connectivity index is 1.89. The lowest BCUT2D eigenvalue weighted by molar-refractivity contribution is 0.269. The molecular formula is C15H23NO3. The van der Waals surface area contributed by atoms with Gasteiger partial charge in [-0.15, -0.1) is 0 Å². The number of hydrogen-bond donors (Lipinski definition) is 1. The molecule has 0 spiro atoms. The highest BCUT2D eigenvalue weighted by atomic mass is 16.5. The number of aryl methyl sites for hydroxylation is 1. The van der Waals surface area contributed by atoms with E-state index in [4.69, 9.17) is 14.2 Å². The van der Waals surface area contributed by atoms with E-state index in [1.54, 1.807) is 14.2 Å². The van der Waals surface area contributed by atoms with Crippen molar-refractivity contribution in [2.75, 3.05) is 27.4 Å². The number of rotatable bonds is 8. The molecule has 2 rings (SSSR count). The summed E-state index contributed by atoms with van der Waals surface area (Å²) in [6, 6.07) is 4.67. The molecular weight excluding hydrogens is 242 g/mol. The molecule has 0 unspecified atom stereocenters. The molecule has 106 valence electrons. The van der Waals surface area contributed by atoms with Gasteiger partial charge in [0.05, 0.1) is 20.8 Å². The quantitative estimate of drug-likeness (QED) is 0.733. The first-order valence-corrected chi connectivity index (χ1v) is 6.83. The summed E-state index contributed by atoms with van der Waals surface area (Å²) in [5, 5.41) is 3.47. The molecule has 1 aliphatic rings. The third kappa shape index (κ3) is 4.03. The van der Waals surface area contributed by atoms with Gasteiger partial charge in [-0.3, -0.25) is 0 Å². The van der Waals surface area contributed by atoms with Gasteiger partial charge in [-0.1, -0.05) is 0 Å². The Morgan fingerprint density at radius 2 is 1.79 bits per heavy atom. The molecule has 0 atom stereocenters. The molecule has 0 bridgehead atoms. The number of hydrogen-bond acceptors (Lipinski definition) is 4. The van der Waals surface area contributed by atoms with Crippen molar-refractivity contribution in [3.05, 3.63) is 17.7 Å². The second-order valence-electron chi connectivity index (χ2n) is 4.93. The van der Waals surface area contributed by atoms with E-state index >= 15 is 0 Å². The van der Waals surface area contributed by atoms with Gasteiger partial charge in [0.25, 0.3) is 0 Å². The van der Waals surface area contributed by atoms with Crippen LogP contribution in [0.2, 0.25) is 0 Å². The Kier molecular flexibility index (Phi) is 4.91. The molecule has 1 saturated carbocycles. The van der Waals surface area contributed by atoms with Crippen molar-refractivity contribution < 1.29 is 14.2 Å². The van der Waals surface area contributed by atoms with Crippen LogP contribution >= 0.6 is 0 Å². The minimum absolute atomic E-state index is 0.662. The van der Waals surface area contributed by atoms with Crippen LogP contribution in [0.1, 0.15) is 24.8 Å². The lowest BCUT2D eigenvalue weighted by atomic mass is 10.2. The zero-order valence-corrected chi connectivity index (χ0v) is 12.0. The topological polar surface area (TPSA) is 39.7 Å². The van der Waals surface area contributed by atoms with E-state index in [1.165, 1.54) is 12.8 Å². The van der Waals surface area contributed by atoms with Gasteiger partial charge in [0, 0.05) is 6.04 Å². The minimum atomic E-state index is 0.662. The Labute approximate surface area is 115 Å². The van der Waals surface area contributed by atoms with Gasteiger partial charge in [-0.25, -0.2) is 0 Å². The van der Waals surface area contributed by atoms with Gasteiger partial charge in [-0.05, 0) is 50.4 Å². The summed E-state index contributed by atoms with van der Waals surface area (Å²) < 4.78 is 16.5. The first-order valence-electron chi connectivity index (χ1n) is 6.83. The number of methoxy groups -OCH3 is 2. The summed E-state index contributed by atoms with van der Waals surface area (Å²) in [6.07, 6.45) is 3.62. The third-order valence-electron chi connectivity index (χ3n) is 3.18. The maximum Gasteiger partial charge on any atom is 0.203 e. The smallest absolute Gasteiger partial charge is 0.203 e. The fraction of sp³-hybridized carbons (Fsp3) is 0.600. The van der Waals surface area contributed by atoms with Crippen LogP contribution in [0.4, 0.5) is 0 Å². The first-order chi connectivity index (χ1) is 9.24. The summed E-state index contributed by atoms with van der Waals surface area (Å²) >= 11 is 0. The molecule has 0 radical (unpaired) electrons. The lowest BCUT2D eigenvalue weighted by Gasteiger charge is -2.15. The van der Waals surface area contributed by atoms with Gasteiger partial charge in [0.15, 0.2) is 11.5 Å². The van der Waals surface area contributed by atoms with E-state index < -0.39 is 0 Å². The normalized spacial score (nSPS) is 14.3. The highest BCUT2D eigenvalue weighted by molar-refractivity contribution is 5.53. The van der Waals surface area contributed by atoms with Crippen LogP contribution < -0.4 is 19.5 Å². The molecule has 1 N–H and O–H groups in total. The molecule has 1 fully saturated rings. The standard InChI is InChI=1S/C15H23NO3/c1-11-9-13(17-2)15(14(10-11)18-3)19-8-4-7-16-12-5-6-12/h9-10,12,16H,4-8H2,1-3H3. The van der Waals surface area contributed by atoms with E-state index in [9.17, 15) is 0 Å². The van der Waals surface area contributed by atoms with Crippen molar-refractivity contribution in [2.45, 2.75) is 32.2 Å². The first kappa shape index (κ1) is 14.0. The van der Waals surface area contributed by atoms with Crippen molar-refractivity contribution in [3.8, 4) is 17.2 Å². The second-order valence-corrected chi connectivity index (χ2v) is 4.93. The van der Waals surface area contributed by atoms with Gasteiger partial charge in [0.2, 0.25) is 5.75 Å². The van der Waals surface area contributed by atoms with Crippen LogP contribution in [0.5, 0.6) is 17.2 Å². The Morgan fingerprint density at radius 3 is 2.32 bits per heavy atom. The van der Waals surface area contributed by atoms with Crippen molar-refractivity contribution in [2.24, 2.45) is 0 Å². The van der Waals surface area contributed by atoms with Crippen LogP contribution in [0.15, 0.2) is 12.1 Å². The van der Waals surface area contributed by atoms with Crippen LogP contribution in [0, 0.1) is 6.92 Å². The fourth-order valence-electron chi connectivity index (χ4n) is 1.99. The van der Waals surface area contributed by atoms with Gasteiger partial charge >= 0.3 is 0 Å². The second kappa shape index (κ2) is 6.66. The monoisotopic (exact) mass is 265 g/mol. The molecule has 1 aromatic rings. The Hall–Kier alpha value is -1.42. The molecule has 4 heteroatoms. The molecule has 1 aromatic carbocycles. The van der Waals surface area contributed by atoms with Crippen LogP contribution in [-0.2, 0) is 0 Å². The average Bonchev–Trinajstić information content (AvgIpc) is 3.23. The molecule has 19 heavy (non-hydrogen) atoms. The predicted octanol–water partition coefficient (Wildman–Crippen LogP) is 2.53. The maximum atomic E-state index is 5.82. The average molecular weight is 265 g/mol. The Morgan fingerprint density at radius 1 is 1.16 bits per heavy atom. The molecule has 0 aromatic heterocycles. The number of ether oxygens (including phenoxy) is 3. The fourth-order valence-corrected chi connectivity index (χ4v) is 1.99. The maximum absolute atomic E-state index is 5.82. The van der Waals surface area contributed by atoms with Crippen LogP contribution in [0.25, 0.3) is 0 Å². The van der Waals surface area contributed by atoms with Crippen LogP contribution in [0.3, 0.4) is 0 Å². The van der Waals surface area contributed by atoms with E-state index in [2.05, 4.69) is 5.32 Å². The molecule has 0 aliphatic heterocycles. The van der Waals surface area contributed by atoms with E-state index in [1.807, 2.05) is 19.1 Å². The van der Waals surface area contributed by atoms with Crippen molar-refractivity contribution in [1.82, 2.24) is 5.32 Å². The SMILES string of the molecule is COc1cc(C)cc(OC)c1OCCCNC1CC1. The zero-order chi connectivity index (χ0) is 13.7. The van der Waals surface area contributed by atoms with E-state index in [-0.39, 0.29) is 0 Å². The van der Waals surface area contributed by atoms with E-state index in [0.717, 1.165) is 36.1 Å². The number of nitrogens with one attached hydrogen (secondary N) is 1. The molecule has 0 saturated heterocycles. The van der Waals surface area contributed by atoms with E-state index in [0.29, 0.717) is 12.4 Å². The summed E-state index contributed by atoms with van der Waals surface area (Å²) in [6.45, 7) is 3.67. The highest BCUT2D eigenvalue weighted by Crippen LogP contribution is 2.38. The summed E-state index contributed by atoms with van der Waals surface area (Å²) in [7, 11) is 3.30. The predicted molar refractivity (Wildman–Crippen MR) is 75.4 cm³/mol. The van der Waals surface area contributed by atoms with Gasteiger partial charge in [-0.2, -0.15) is 0 Å². The van der Waals surface area contributed by atoms with Crippen molar-refractivity contribution in [3.63, 3.8) is 0 Å². The van der Waals surface area contributed by atoms with Gasteiger partial charge < -0.3 is 19.5 Å². The molecule has 0 heterocycles. The molecule has 4 nitrogen and oxygen atoms in total. The largest absolute Gasteiger partial charge is 0.493 e. The summed E-state index contributed by atoms with van der Waals surface area (Å²) in [4.78, 5) is 0. The van der Waals surface area contributed by atoms with Crippen molar-refractivity contribution >= 4 is 0 Å². The molecule has 1 aliphatic carbocycles. The van der Waals surface area contributed by atoms with Gasteiger partial charge in [0.1, 0.15) is 0 Å². The number of benzene rings is 1. The van der Waals surface area contributed by atoms with Crippen LogP contribution in [-0.4, -0.2) is 33.4 Å². The zero-order valence-electron chi connectivity index (χ0n) is 12.0. The summed E-state index contributed by atoms with van der Waals surface area (Å²) in [5.74, 6) is 2.15. The molecule has 0 amide bonds. The Bertz CT molecular complexity index is 391. The minimum Gasteiger partial charge on any atom is -0.493 e. The summed E-state index contributed by atoms with van der Waals surface area (Å²) in [5.41, 5.74) is 1.09. The third-order valence-corrected chi connectivity index (χ3v) is 3.18. The van der Waals surface area contributed by atoms with Crippen molar-refractivity contribution in [1.29, 1.82) is 0 Å².